The minimum Gasteiger partial charge on any atom is -0.271 e. The van der Waals surface area contributed by atoms with Crippen molar-refractivity contribution >= 4 is 39.4 Å². The topological polar surface area (TPSA) is 78.8 Å². The number of hydrogen-bond acceptors (Lipinski definition) is 4. The van der Waals surface area contributed by atoms with E-state index in [1.807, 2.05) is 19.1 Å². The Balaban J connectivity index is 1.88. The fourth-order valence-corrected chi connectivity index (χ4v) is 4.66. The number of hydrogen-bond donors (Lipinski definition) is 1. The zero-order chi connectivity index (χ0) is 22.3. The SMILES string of the molecule is CCc1ccccc1N(CC(=O)N/N=C\c1ccccc1Cl)S(=O)(=O)c1ccccc1. The Morgan fingerprint density at radius 3 is 2.35 bits per heavy atom. The van der Waals surface area contributed by atoms with E-state index in [-0.39, 0.29) is 4.90 Å². The van der Waals surface area contributed by atoms with Crippen LogP contribution in [0, 0.1) is 0 Å². The molecule has 8 heteroatoms. The highest BCUT2D eigenvalue weighted by Crippen LogP contribution is 2.27. The number of aryl methyl sites for hydroxylation is 1. The van der Waals surface area contributed by atoms with E-state index in [4.69, 9.17) is 11.6 Å². The minimum absolute atomic E-state index is 0.105. The predicted molar refractivity (Wildman–Crippen MR) is 124 cm³/mol. The van der Waals surface area contributed by atoms with Gasteiger partial charge in [-0.3, -0.25) is 9.10 Å². The summed E-state index contributed by atoms with van der Waals surface area (Å²) in [6.45, 7) is 1.51. The molecular formula is C23H22ClN3O3S. The van der Waals surface area contributed by atoms with Gasteiger partial charge in [0.15, 0.2) is 0 Å². The number of sulfonamides is 1. The maximum Gasteiger partial charge on any atom is 0.264 e. The normalized spacial score (nSPS) is 11.4. The van der Waals surface area contributed by atoms with E-state index in [1.165, 1.54) is 18.3 Å². The number of carbonyl (C=O) groups is 1. The average molecular weight is 456 g/mol. The number of benzene rings is 3. The van der Waals surface area contributed by atoms with Gasteiger partial charge in [0.05, 0.1) is 16.8 Å². The number of nitrogens with one attached hydrogen (secondary N) is 1. The van der Waals surface area contributed by atoms with E-state index in [0.717, 1.165) is 9.87 Å². The summed E-state index contributed by atoms with van der Waals surface area (Å²) in [5, 5.41) is 4.41. The fourth-order valence-electron chi connectivity index (χ4n) is 2.99. The van der Waals surface area contributed by atoms with E-state index in [9.17, 15) is 13.2 Å². The van der Waals surface area contributed by atoms with Gasteiger partial charge >= 0.3 is 0 Å². The summed E-state index contributed by atoms with van der Waals surface area (Å²) in [7, 11) is -3.97. The van der Waals surface area contributed by atoms with Crippen LogP contribution in [-0.4, -0.2) is 27.1 Å². The molecular weight excluding hydrogens is 434 g/mol. The Morgan fingerprint density at radius 2 is 1.65 bits per heavy atom. The minimum atomic E-state index is -3.97. The lowest BCUT2D eigenvalue weighted by molar-refractivity contribution is -0.119. The van der Waals surface area contributed by atoms with Gasteiger partial charge in [0.2, 0.25) is 0 Å². The molecule has 0 atom stereocenters. The molecule has 160 valence electrons. The lowest BCUT2D eigenvalue weighted by Gasteiger charge is -2.25. The van der Waals surface area contributed by atoms with Crippen LogP contribution in [-0.2, 0) is 21.2 Å². The summed E-state index contributed by atoms with van der Waals surface area (Å²) in [5.41, 5.74) is 4.29. The van der Waals surface area contributed by atoms with E-state index in [1.54, 1.807) is 54.6 Å². The number of para-hydroxylation sites is 1. The summed E-state index contributed by atoms with van der Waals surface area (Å²) in [5.74, 6) is -0.575. The number of hydrazone groups is 1. The highest BCUT2D eigenvalue weighted by Gasteiger charge is 2.28. The fraction of sp³-hybridized carbons (Fsp3) is 0.130. The van der Waals surface area contributed by atoms with Crippen molar-refractivity contribution in [1.29, 1.82) is 0 Å². The molecule has 6 nitrogen and oxygen atoms in total. The zero-order valence-electron chi connectivity index (χ0n) is 16.9. The third-order valence-corrected chi connectivity index (χ3v) is 6.68. The molecule has 0 saturated carbocycles. The number of anilines is 1. The molecule has 31 heavy (non-hydrogen) atoms. The van der Waals surface area contributed by atoms with Gasteiger partial charge in [-0.25, -0.2) is 13.8 Å². The highest BCUT2D eigenvalue weighted by molar-refractivity contribution is 7.92. The van der Waals surface area contributed by atoms with Crippen molar-refractivity contribution in [3.05, 3.63) is 95.0 Å². The number of carbonyl (C=O) groups excluding carboxylic acids is 1. The van der Waals surface area contributed by atoms with Gasteiger partial charge in [-0.2, -0.15) is 5.10 Å². The molecule has 0 aliphatic rings. The molecule has 0 unspecified atom stereocenters. The molecule has 3 aromatic carbocycles. The third kappa shape index (κ3) is 5.51. The monoisotopic (exact) mass is 455 g/mol. The van der Waals surface area contributed by atoms with Gasteiger partial charge in [0, 0.05) is 10.6 Å². The van der Waals surface area contributed by atoms with Gasteiger partial charge < -0.3 is 0 Å². The summed E-state index contributed by atoms with van der Waals surface area (Å²) in [6.07, 6.45) is 2.03. The molecule has 0 spiro atoms. The summed E-state index contributed by atoms with van der Waals surface area (Å²) in [4.78, 5) is 12.7. The summed E-state index contributed by atoms with van der Waals surface area (Å²) in [6, 6.07) is 22.2. The Kier molecular flexibility index (Phi) is 7.44. The molecule has 3 aromatic rings. The van der Waals surface area contributed by atoms with Crippen LogP contribution in [0.15, 0.2) is 88.9 Å². The van der Waals surface area contributed by atoms with Crippen LogP contribution < -0.4 is 9.73 Å². The summed E-state index contributed by atoms with van der Waals surface area (Å²) >= 11 is 6.07. The molecule has 0 fully saturated rings. The second-order valence-electron chi connectivity index (χ2n) is 6.62. The maximum absolute atomic E-state index is 13.4. The van der Waals surface area contributed by atoms with Gasteiger partial charge in [0.25, 0.3) is 15.9 Å². The lowest BCUT2D eigenvalue weighted by atomic mass is 10.1. The molecule has 1 amide bonds. The predicted octanol–water partition coefficient (Wildman–Crippen LogP) is 4.25. The van der Waals surface area contributed by atoms with Crippen molar-refractivity contribution in [2.45, 2.75) is 18.2 Å². The molecule has 0 heterocycles. The van der Waals surface area contributed by atoms with Crippen LogP contribution in [0.3, 0.4) is 0 Å². The van der Waals surface area contributed by atoms with Crippen LogP contribution in [0.2, 0.25) is 5.02 Å². The highest BCUT2D eigenvalue weighted by atomic mass is 35.5. The van der Waals surface area contributed by atoms with Crippen molar-refractivity contribution in [3.63, 3.8) is 0 Å². The molecule has 0 aromatic heterocycles. The van der Waals surface area contributed by atoms with Crippen LogP contribution in [0.1, 0.15) is 18.1 Å². The van der Waals surface area contributed by atoms with Crippen molar-refractivity contribution in [1.82, 2.24) is 5.43 Å². The van der Waals surface area contributed by atoms with Crippen molar-refractivity contribution < 1.29 is 13.2 Å². The third-order valence-electron chi connectivity index (χ3n) is 4.56. The molecule has 0 aliphatic carbocycles. The summed E-state index contributed by atoms with van der Waals surface area (Å²) < 4.78 is 27.8. The molecule has 3 rings (SSSR count). The van der Waals surface area contributed by atoms with Gasteiger partial charge in [0.1, 0.15) is 6.54 Å². The molecule has 1 N–H and O–H groups in total. The van der Waals surface area contributed by atoms with Gasteiger partial charge in [-0.15, -0.1) is 0 Å². The van der Waals surface area contributed by atoms with E-state index in [0.29, 0.717) is 22.7 Å². The molecule has 0 saturated heterocycles. The Hall–Kier alpha value is -3.16. The zero-order valence-corrected chi connectivity index (χ0v) is 18.5. The molecule has 0 aliphatic heterocycles. The average Bonchev–Trinajstić information content (AvgIpc) is 2.79. The van der Waals surface area contributed by atoms with Gasteiger partial charge in [-0.05, 0) is 36.2 Å². The first-order valence-electron chi connectivity index (χ1n) is 9.65. The van der Waals surface area contributed by atoms with E-state index in [2.05, 4.69) is 10.5 Å². The first-order chi connectivity index (χ1) is 14.9. The Bertz CT molecular complexity index is 1180. The maximum atomic E-state index is 13.4. The molecule has 0 radical (unpaired) electrons. The number of nitrogens with zero attached hydrogens (tertiary/aromatic N) is 2. The van der Waals surface area contributed by atoms with Crippen molar-refractivity contribution in [2.75, 3.05) is 10.8 Å². The Labute approximate surface area is 187 Å². The van der Waals surface area contributed by atoms with Crippen LogP contribution in [0.25, 0.3) is 0 Å². The lowest BCUT2D eigenvalue weighted by Crippen LogP contribution is -2.40. The number of amides is 1. The van der Waals surface area contributed by atoms with E-state index < -0.39 is 22.5 Å². The van der Waals surface area contributed by atoms with Crippen LogP contribution in [0.5, 0.6) is 0 Å². The van der Waals surface area contributed by atoms with Crippen LogP contribution in [0.4, 0.5) is 5.69 Å². The quantitative estimate of drug-likeness (QED) is 0.407. The first kappa shape index (κ1) is 22.5. The first-order valence-corrected chi connectivity index (χ1v) is 11.5. The second-order valence-corrected chi connectivity index (χ2v) is 8.89. The van der Waals surface area contributed by atoms with Crippen molar-refractivity contribution in [2.24, 2.45) is 5.10 Å². The van der Waals surface area contributed by atoms with Gasteiger partial charge in [-0.1, -0.05) is 73.1 Å². The number of rotatable bonds is 8. The van der Waals surface area contributed by atoms with E-state index >= 15 is 0 Å². The standard InChI is InChI=1S/C23H22ClN3O3S/c1-2-18-10-7-9-15-22(18)27(31(29,30)20-12-4-3-5-13-20)17-23(28)26-25-16-19-11-6-8-14-21(19)24/h3-16H,2,17H2,1H3,(H,26,28)/b25-16-. The Morgan fingerprint density at radius 1 is 1.00 bits per heavy atom. The number of halogens is 1. The second kappa shape index (κ2) is 10.2. The molecule has 0 bridgehead atoms. The largest absolute Gasteiger partial charge is 0.271 e. The van der Waals surface area contributed by atoms with Crippen molar-refractivity contribution in [3.8, 4) is 0 Å². The smallest absolute Gasteiger partial charge is 0.264 e. The van der Waals surface area contributed by atoms with Crippen LogP contribution >= 0.6 is 11.6 Å².